The molecule has 0 atom stereocenters. The summed E-state index contributed by atoms with van der Waals surface area (Å²) in [5, 5.41) is 8.81. The molecule has 1 aliphatic rings. The fourth-order valence-corrected chi connectivity index (χ4v) is 2.94. The summed E-state index contributed by atoms with van der Waals surface area (Å²) in [5.41, 5.74) is 0.524. The van der Waals surface area contributed by atoms with Gasteiger partial charge in [0.2, 0.25) is 5.91 Å². The summed E-state index contributed by atoms with van der Waals surface area (Å²) in [5.74, 6) is 0.190. The summed E-state index contributed by atoms with van der Waals surface area (Å²) in [4.78, 5) is 26.4. The first-order valence-corrected chi connectivity index (χ1v) is 7.71. The lowest BCUT2D eigenvalue weighted by molar-refractivity contribution is -0.135. The highest BCUT2D eigenvalue weighted by atomic mass is 16.2. The zero-order valence-corrected chi connectivity index (χ0v) is 12.9. The van der Waals surface area contributed by atoms with Crippen LogP contribution in [0.4, 0.5) is 0 Å². The highest BCUT2D eigenvalue weighted by Crippen LogP contribution is 2.21. The van der Waals surface area contributed by atoms with Gasteiger partial charge < -0.3 is 4.90 Å². The highest BCUT2D eigenvalue weighted by Gasteiger charge is 2.26. The van der Waals surface area contributed by atoms with Crippen molar-refractivity contribution in [2.75, 3.05) is 13.1 Å². The van der Waals surface area contributed by atoms with Gasteiger partial charge in [-0.05, 0) is 25.0 Å². The van der Waals surface area contributed by atoms with E-state index in [-0.39, 0.29) is 23.4 Å². The number of carbonyl (C=O) groups is 1. The summed E-state index contributed by atoms with van der Waals surface area (Å²) >= 11 is 0. The smallest absolute Gasteiger partial charge is 0.277 e. The largest absolute Gasteiger partial charge is 0.342 e. The average molecular weight is 300 g/mol. The van der Waals surface area contributed by atoms with E-state index in [2.05, 4.69) is 10.3 Å². The molecule has 0 radical (unpaired) electrons. The van der Waals surface area contributed by atoms with Crippen LogP contribution in [-0.2, 0) is 4.79 Å². The molecule has 0 spiro atoms. The van der Waals surface area contributed by atoms with Crippen LogP contribution in [0.15, 0.2) is 29.1 Å². The topological polar surface area (TPSA) is 68.1 Å². The number of rotatable bonds is 2. The van der Waals surface area contributed by atoms with Crippen LogP contribution in [0.25, 0.3) is 10.9 Å². The fourth-order valence-electron chi connectivity index (χ4n) is 2.94. The van der Waals surface area contributed by atoms with Gasteiger partial charge in [-0.3, -0.25) is 9.59 Å². The Morgan fingerprint density at radius 2 is 1.91 bits per heavy atom. The third kappa shape index (κ3) is 2.61. The molecule has 0 bridgehead atoms. The second-order valence-electron chi connectivity index (χ2n) is 6.07. The van der Waals surface area contributed by atoms with Gasteiger partial charge in [0.1, 0.15) is 5.52 Å². The van der Waals surface area contributed by atoms with E-state index in [1.165, 1.54) is 4.68 Å². The second-order valence-corrected chi connectivity index (χ2v) is 6.07. The van der Waals surface area contributed by atoms with Gasteiger partial charge in [-0.25, -0.2) is 4.68 Å². The number of hydrogen-bond donors (Lipinski definition) is 0. The maximum Gasteiger partial charge on any atom is 0.277 e. The lowest BCUT2D eigenvalue weighted by Crippen LogP contribution is -2.43. The van der Waals surface area contributed by atoms with Crippen molar-refractivity contribution in [2.45, 2.75) is 32.7 Å². The molecule has 6 heteroatoms. The van der Waals surface area contributed by atoms with Crippen molar-refractivity contribution in [1.82, 2.24) is 19.9 Å². The van der Waals surface area contributed by atoms with Crippen LogP contribution in [0.5, 0.6) is 0 Å². The number of likely N-dealkylation sites (tertiary alicyclic amines) is 1. The Labute approximate surface area is 128 Å². The Kier molecular flexibility index (Phi) is 3.92. The molecule has 1 aromatic heterocycles. The van der Waals surface area contributed by atoms with E-state index in [1.807, 2.05) is 30.9 Å². The van der Waals surface area contributed by atoms with Crippen LogP contribution in [0.3, 0.4) is 0 Å². The molecule has 0 unspecified atom stereocenters. The highest BCUT2D eigenvalue weighted by molar-refractivity contribution is 5.78. The number of carbonyl (C=O) groups excluding carboxylic acids is 1. The van der Waals surface area contributed by atoms with Crippen molar-refractivity contribution in [3.05, 3.63) is 34.6 Å². The molecule has 116 valence electrons. The third-order valence-electron chi connectivity index (χ3n) is 4.21. The number of amides is 1. The van der Waals surface area contributed by atoms with Gasteiger partial charge in [-0.1, -0.05) is 31.2 Å². The van der Waals surface area contributed by atoms with Crippen LogP contribution in [0, 0.1) is 5.92 Å². The molecule has 1 saturated heterocycles. The van der Waals surface area contributed by atoms with Crippen molar-refractivity contribution >= 4 is 16.8 Å². The Bertz CT molecular complexity index is 745. The lowest BCUT2D eigenvalue weighted by Gasteiger charge is -2.33. The zero-order valence-electron chi connectivity index (χ0n) is 12.9. The Morgan fingerprint density at radius 1 is 1.23 bits per heavy atom. The number of aromatic nitrogens is 3. The van der Waals surface area contributed by atoms with Crippen LogP contribution >= 0.6 is 0 Å². The number of fused-ring (bicyclic) bond motifs is 1. The SMILES string of the molecule is CC(C)C(=O)N1CCC(n2nnc3ccccc3c2=O)CC1. The van der Waals surface area contributed by atoms with Crippen molar-refractivity contribution < 1.29 is 4.79 Å². The van der Waals surface area contributed by atoms with Crippen LogP contribution < -0.4 is 5.56 Å². The molecule has 3 rings (SSSR count). The number of piperidine rings is 1. The maximum absolute atomic E-state index is 12.5. The molecule has 22 heavy (non-hydrogen) atoms. The van der Waals surface area contributed by atoms with Gasteiger partial charge in [0.15, 0.2) is 0 Å². The van der Waals surface area contributed by atoms with E-state index in [1.54, 1.807) is 12.1 Å². The van der Waals surface area contributed by atoms with E-state index < -0.39 is 0 Å². The Hall–Kier alpha value is -2.24. The van der Waals surface area contributed by atoms with Crippen LogP contribution in [0.2, 0.25) is 0 Å². The van der Waals surface area contributed by atoms with Gasteiger partial charge in [0.05, 0.1) is 11.4 Å². The minimum absolute atomic E-state index is 0.0136. The van der Waals surface area contributed by atoms with E-state index >= 15 is 0 Å². The standard InChI is InChI=1S/C16H20N4O2/c1-11(2)15(21)19-9-7-12(8-10-19)20-16(22)13-5-3-4-6-14(13)17-18-20/h3-6,11-12H,7-10H2,1-2H3. The van der Waals surface area contributed by atoms with E-state index in [4.69, 9.17) is 0 Å². The molecule has 0 N–H and O–H groups in total. The molecule has 6 nitrogen and oxygen atoms in total. The monoisotopic (exact) mass is 300 g/mol. The Morgan fingerprint density at radius 3 is 2.59 bits per heavy atom. The first-order valence-electron chi connectivity index (χ1n) is 7.71. The van der Waals surface area contributed by atoms with E-state index in [9.17, 15) is 9.59 Å². The number of benzene rings is 1. The quantitative estimate of drug-likeness (QED) is 0.845. The predicted octanol–water partition coefficient (Wildman–Crippen LogP) is 1.61. The summed E-state index contributed by atoms with van der Waals surface area (Å²) in [6.45, 7) is 5.16. The van der Waals surface area contributed by atoms with Gasteiger partial charge in [-0.15, -0.1) is 5.10 Å². The van der Waals surface area contributed by atoms with Crippen molar-refractivity contribution in [2.24, 2.45) is 5.92 Å². The molecule has 1 aromatic carbocycles. The summed E-state index contributed by atoms with van der Waals surface area (Å²) in [6, 6.07) is 7.26. The zero-order chi connectivity index (χ0) is 15.7. The lowest BCUT2D eigenvalue weighted by atomic mass is 10.0. The third-order valence-corrected chi connectivity index (χ3v) is 4.21. The Balaban J connectivity index is 1.81. The molecule has 1 aliphatic heterocycles. The molecule has 2 aromatic rings. The first kappa shape index (κ1) is 14.7. The van der Waals surface area contributed by atoms with Crippen molar-refractivity contribution in [1.29, 1.82) is 0 Å². The number of nitrogens with zero attached hydrogens (tertiary/aromatic N) is 4. The van der Waals surface area contributed by atoms with Gasteiger partial charge in [0.25, 0.3) is 5.56 Å². The molecule has 1 amide bonds. The summed E-state index contributed by atoms with van der Waals surface area (Å²) < 4.78 is 1.49. The minimum atomic E-state index is -0.0979. The second kappa shape index (κ2) is 5.87. The van der Waals surface area contributed by atoms with E-state index in [0.29, 0.717) is 24.0 Å². The molecular weight excluding hydrogens is 280 g/mol. The molecule has 0 saturated carbocycles. The predicted molar refractivity (Wildman–Crippen MR) is 83.5 cm³/mol. The minimum Gasteiger partial charge on any atom is -0.342 e. The maximum atomic E-state index is 12.5. The van der Waals surface area contributed by atoms with Crippen LogP contribution in [-0.4, -0.2) is 38.9 Å². The van der Waals surface area contributed by atoms with Crippen molar-refractivity contribution in [3.8, 4) is 0 Å². The first-order chi connectivity index (χ1) is 10.6. The molecule has 1 fully saturated rings. The summed E-state index contributed by atoms with van der Waals surface area (Å²) in [7, 11) is 0. The van der Waals surface area contributed by atoms with Gasteiger partial charge >= 0.3 is 0 Å². The summed E-state index contributed by atoms with van der Waals surface area (Å²) in [6.07, 6.45) is 1.48. The average Bonchev–Trinajstić information content (AvgIpc) is 2.55. The fraction of sp³-hybridized carbons (Fsp3) is 0.500. The van der Waals surface area contributed by atoms with Gasteiger partial charge in [-0.2, -0.15) is 0 Å². The molecule has 0 aliphatic carbocycles. The molecular formula is C16H20N4O2. The van der Waals surface area contributed by atoms with E-state index in [0.717, 1.165) is 12.8 Å². The number of hydrogen-bond acceptors (Lipinski definition) is 4. The van der Waals surface area contributed by atoms with Crippen molar-refractivity contribution in [3.63, 3.8) is 0 Å². The van der Waals surface area contributed by atoms with Gasteiger partial charge in [0, 0.05) is 19.0 Å². The normalized spacial score (nSPS) is 16.4. The molecule has 2 heterocycles. The van der Waals surface area contributed by atoms with Crippen LogP contribution in [0.1, 0.15) is 32.7 Å².